The Morgan fingerprint density at radius 3 is 1.27 bits per heavy atom. The third kappa shape index (κ3) is 1.80. The van der Waals surface area contributed by atoms with E-state index in [2.05, 4.69) is 0 Å². The quantitative estimate of drug-likeness (QED) is 0.404. The summed E-state index contributed by atoms with van der Waals surface area (Å²) in [4.78, 5) is 0. The number of hydrogen-bond donors (Lipinski definition) is 0. The van der Waals surface area contributed by atoms with Gasteiger partial charge < -0.3 is 15.3 Å². The summed E-state index contributed by atoms with van der Waals surface area (Å²) in [6.07, 6.45) is 0. The molecular formula is C2F3O5S-3. The molecule has 68 valence electrons. The molecule has 11 heavy (non-hydrogen) atoms. The maximum Gasteiger partial charge on any atom is 0.493 e. The average molecular weight is 193 g/mol. The van der Waals surface area contributed by atoms with Gasteiger partial charge in [0, 0.05) is 0 Å². The smallest absolute Gasteiger partial charge is 0.493 e. The Hall–Kier alpha value is -0.380. The molecule has 0 N–H and O–H groups in total. The molecule has 0 aromatic carbocycles. The van der Waals surface area contributed by atoms with Crippen LogP contribution in [0.4, 0.5) is 13.2 Å². The van der Waals surface area contributed by atoms with E-state index in [1.54, 1.807) is 0 Å². The van der Waals surface area contributed by atoms with E-state index < -0.39 is 20.7 Å². The Morgan fingerprint density at radius 2 is 1.27 bits per heavy atom. The first-order chi connectivity index (χ1) is 4.50. The van der Waals surface area contributed by atoms with Crippen LogP contribution < -0.4 is 15.3 Å². The van der Waals surface area contributed by atoms with Crippen LogP contribution in [-0.2, 0) is 9.84 Å². The van der Waals surface area contributed by atoms with Crippen molar-refractivity contribution in [1.82, 2.24) is 0 Å². The highest BCUT2D eigenvalue weighted by molar-refractivity contribution is 7.92. The van der Waals surface area contributed by atoms with Gasteiger partial charge in [-0.2, -0.15) is 18.5 Å². The molecule has 9 heteroatoms. The molecule has 0 rings (SSSR count). The number of rotatable bonds is 1. The van der Waals surface area contributed by atoms with Gasteiger partial charge >= 0.3 is 5.51 Å². The molecule has 0 bridgehead atoms. The first-order valence-corrected chi connectivity index (χ1v) is 3.40. The van der Waals surface area contributed by atoms with Gasteiger partial charge in [-0.3, -0.25) is 0 Å². The molecule has 0 radical (unpaired) electrons. The molecule has 0 fully saturated rings. The van der Waals surface area contributed by atoms with E-state index >= 15 is 0 Å². The van der Waals surface area contributed by atoms with Crippen molar-refractivity contribution >= 4 is 9.84 Å². The van der Waals surface area contributed by atoms with E-state index in [0.717, 1.165) is 0 Å². The summed E-state index contributed by atoms with van der Waals surface area (Å²) in [5.41, 5.74) is -6.09. The molecule has 0 heterocycles. The second-order valence-corrected chi connectivity index (χ2v) is 3.42. The van der Waals surface area contributed by atoms with E-state index in [9.17, 15) is 36.9 Å². The van der Waals surface area contributed by atoms with Crippen LogP contribution in [0.2, 0.25) is 0 Å². The van der Waals surface area contributed by atoms with Crippen molar-refractivity contribution in [2.45, 2.75) is 10.8 Å². The molecule has 0 saturated heterocycles. The molecule has 0 atom stereocenters. The second kappa shape index (κ2) is 2.30. The van der Waals surface area contributed by atoms with Gasteiger partial charge in [-0.1, -0.05) is 0 Å². The molecule has 0 aliphatic carbocycles. The van der Waals surface area contributed by atoms with E-state index in [1.165, 1.54) is 0 Å². The Morgan fingerprint density at radius 1 is 1.00 bits per heavy atom. The molecule has 5 nitrogen and oxygen atoms in total. The lowest BCUT2D eigenvalue weighted by atomic mass is 11.3. The number of sulfone groups is 1. The van der Waals surface area contributed by atoms with Crippen LogP contribution in [0.3, 0.4) is 0 Å². The predicted octanol–water partition coefficient (Wildman–Crippen LogP) is -3.39. The van der Waals surface area contributed by atoms with Crippen molar-refractivity contribution < 1.29 is 36.9 Å². The van der Waals surface area contributed by atoms with Crippen LogP contribution in [0.1, 0.15) is 0 Å². The highest BCUT2D eigenvalue weighted by Gasteiger charge is 2.44. The fraction of sp³-hybridized carbons (Fsp3) is 1.00. The van der Waals surface area contributed by atoms with E-state index in [0.29, 0.717) is 0 Å². The van der Waals surface area contributed by atoms with Gasteiger partial charge in [-0.05, 0) is 0 Å². The van der Waals surface area contributed by atoms with Gasteiger partial charge in [0.05, 0.1) is 0 Å². The second-order valence-electron chi connectivity index (χ2n) is 1.45. The SMILES string of the molecule is O=S(=O)(C([O-])([O-])[O-])C(F)(F)F. The summed E-state index contributed by atoms with van der Waals surface area (Å²) in [5, 5.41) is 22.5. The lowest BCUT2D eigenvalue weighted by molar-refractivity contribution is -0.866. The standard InChI is InChI=1S/C2F3O5S/c3-1(4,5)11(9,10)2(6,7)8/q-3. The van der Waals surface area contributed by atoms with Crippen molar-refractivity contribution in [2.24, 2.45) is 0 Å². The van der Waals surface area contributed by atoms with Gasteiger partial charge in [0.1, 0.15) is 0 Å². The van der Waals surface area contributed by atoms with Crippen LogP contribution in [0, 0.1) is 0 Å². The van der Waals surface area contributed by atoms with Crippen LogP contribution in [-0.4, -0.2) is 19.2 Å². The minimum absolute atomic E-state index is 5.52. The maximum atomic E-state index is 11.1. The highest BCUT2D eigenvalue weighted by atomic mass is 32.2. The van der Waals surface area contributed by atoms with E-state index in [4.69, 9.17) is 0 Å². The summed E-state index contributed by atoms with van der Waals surface area (Å²) in [6, 6.07) is 0. The molecule has 0 spiro atoms. The third-order valence-corrected chi connectivity index (χ3v) is 1.90. The monoisotopic (exact) mass is 193 g/mol. The van der Waals surface area contributed by atoms with Crippen molar-refractivity contribution in [3.05, 3.63) is 0 Å². The van der Waals surface area contributed by atoms with Gasteiger partial charge in [0.25, 0.3) is 0 Å². The van der Waals surface area contributed by atoms with Crippen LogP contribution in [0.5, 0.6) is 0 Å². The van der Waals surface area contributed by atoms with Crippen LogP contribution >= 0.6 is 0 Å². The lowest BCUT2D eigenvalue weighted by Crippen LogP contribution is -2.74. The Labute approximate surface area is 58.6 Å². The summed E-state index contributed by atoms with van der Waals surface area (Å²) in [6.45, 7) is 0. The first-order valence-electron chi connectivity index (χ1n) is 1.92. The summed E-state index contributed by atoms with van der Waals surface area (Å²) in [5.74, 6) is 0. The van der Waals surface area contributed by atoms with Crippen molar-refractivity contribution in [1.29, 1.82) is 0 Å². The minimum atomic E-state index is -6.68. The fourth-order valence-corrected chi connectivity index (χ4v) is 0.425. The average Bonchev–Trinajstić information content (AvgIpc) is 1.58. The zero-order valence-electron chi connectivity index (χ0n) is 4.58. The molecule has 0 aliphatic heterocycles. The largest absolute Gasteiger partial charge is 0.865 e. The zero-order chi connectivity index (χ0) is 9.50. The molecule has 0 aromatic rings. The van der Waals surface area contributed by atoms with E-state index in [-0.39, 0.29) is 0 Å². The van der Waals surface area contributed by atoms with Crippen LogP contribution in [0.15, 0.2) is 0 Å². The summed E-state index contributed by atoms with van der Waals surface area (Å²) in [7, 11) is -6.68. The summed E-state index contributed by atoms with van der Waals surface area (Å²) < 4.78 is 52.6. The molecule has 0 aromatic heterocycles. The molecule has 0 amide bonds. The number of hydrogen-bond acceptors (Lipinski definition) is 5. The fourth-order valence-electron chi connectivity index (χ4n) is 0.142. The number of halogens is 3. The lowest BCUT2D eigenvalue weighted by Gasteiger charge is -2.54. The molecule has 0 unspecified atom stereocenters. The van der Waals surface area contributed by atoms with E-state index in [1.807, 2.05) is 0 Å². The maximum absolute atomic E-state index is 11.1. The van der Waals surface area contributed by atoms with Crippen molar-refractivity contribution in [3.63, 3.8) is 0 Å². The topological polar surface area (TPSA) is 103 Å². The Balaban J connectivity index is 5.11. The van der Waals surface area contributed by atoms with Gasteiger partial charge in [-0.15, -0.1) is 0 Å². The van der Waals surface area contributed by atoms with Gasteiger partial charge in [0.15, 0.2) is 0 Å². The molecule has 0 aliphatic rings. The minimum Gasteiger partial charge on any atom is -0.865 e. The van der Waals surface area contributed by atoms with Crippen molar-refractivity contribution in [3.8, 4) is 0 Å². The highest BCUT2D eigenvalue weighted by Crippen LogP contribution is 2.25. The molecule has 0 saturated carbocycles. The van der Waals surface area contributed by atoms with Crippen molar-refractivity contribution in [2.75, 3.05) is 0 Å². The third-order valence-electron chi connectivity index (χ3n) is 0.634. The molecular weight excluding hydrogens is 193 g/mol. The normalized spacial score (nSPS) is 15.1. The van der Waals surface area contributed by atoms with Gasteiger partial charge in [-0.25, -0.2) is 8.42 Å². The zero-order valence-corrected chi connectivity index (χ0v) is 5.40. The Bertz CT molecular complexity index is 211. The van der Waals surface area contributed by atoms with Crippen LogP contribution in [0.25, 0.3) is 0 Å². The van der Waals surface area contributed by atoms with Gasteiger partial charge in [0.2, 0.25) is 9.84 Å². The summed E-state index contributed by atoms with van der Waals surface area (Å²) >= 11 is 0. The first kappa shape index (κ1) is 10.6. The Kier molecular flexibility index (Phi) is 2.22. The predicted molar refractivity (Wildman–Crippen MR) is 17.7 cm³/mol. The number of alkyl halides is 3.